The van der Waals surface area contributed by atoms with Crippen LogP contribution in [0.1, 0.15) is 31.3 Å². The van der Waals surface area contributed by atoms with Crippen LogP contribution in [0.4, 0.5) is 11.9 Å². The molecule has 1 heterocycles. The summed E-state index contributed by atoms with van der Waals surface area (Å²) < 4.78 is 23.0. The summed E-state index contributed by atoms with van der Waals surface area (Å²) >= 11 is 0. The van der Waals surface area contributed by atoms with Gasteiger partial charge in [0.2, 0.25) is 17.8 Å². The molecule has 2 rings (SSSR count). The molecule has 0 aliphatic carbocycles. The van der Waals surface area contributed by atoms with Crippen molar-refractivity contribution in [1.29, 1.82) is 0 Å². The molecule has 2 aromatic rings. The smallest absolute Gasteiger partial charge is 0.234 e. The van der Waals surface area contributed by atoms with Crippen LogP contribution in [0.3, 0.4) is 0 Å². The molecule has 8 nitrogen and oxygen atoms in total. The topological polar surface area (TPSA) is 114 Å². The number of benzene rings is 1. The highest BCUT2D eigenvalue weighted by Gasteiger charge is 2.12. The minimum Gasteiger partial charge on any atom is -0.348 e. The molecule has 128 valence electrons. The SMILES string of the molecule is CC(=O)Nc1nc(C)nc(NC(C)c2ccc(S(C)(=O)=O)cc2)n1. The first kappa shape index (κ1) is 17.8. The van der Waals surface area contributed by atoms with Crippen LogP contribution < -0.4 is 10.6 Å². The molecule has 1 aromatic heterocycles. The Balaban J connectivity index is 2.18. The van der Waals surface area contributed by atoms with Gasteiger partial charge in [-0.2, -0.15) is 15.0 Å². The number of rotatable bonds is 5. The van der Waals surface area contributed by atoms with E-state index in [0.717, 1.165) is 5.56 Å². The normalized spacial score (nSPS) is 12.5. The van der Waals surface area contributed by atoms with Crippen molar-refractivity contribution in [2.24, 2.45) is 0 Å². The van der Waals surface area contributed by atoms with Gasteiger partial charge in [-0.05, 0) is 31.5 Å². The molecule has 0 aliphatic rings. The van der Waals surface area contributed by atoms with Gasteiger partial charge in [-0.15, -0.1) is 0 Å². The minimum atomic E-state index is -3.22. The Morgan fingerprint density at radius 1 is 1.08 bits per heavy atom. The lowest BCUT2D eigenvalue weighted by molar-refractivity contribution is -0.114. The number of carbonyl (C=O) groups is 1. The monoisotopic (exact) mass is 349 g/mol. The van der Waals surface area contributed by atoms with Crippen LogP contribution in [0.2, 0.25) is 0 Å². The van der Waals surface area contributed by atoms with E-state index in [1.807, 2.05) is 6.92 Å². The van der Waals surface area contributed by atoms with Crippen molar-refractivity contribution in [3.8, 4) is 0 Å². The Kier molecular flexibility index (Phi) is 5.13. The zero-order valence-electron chi connectivity index (χ0n) is 13.9. The number of nitrogens with zero attached hydrogens (tertiary/aromatic N) is 3. The van der Waals surface area contributed by atoms with Gasteiger partial charge in [0.05, 0.1) is 10.9 Å². The quantitative estimate of drug-likeness (QED) is 0.844. The van der Waals surface area contributed by atoms with Crippen molar-refractivity contribution in [1.82, 2.24) is 15.0 Å². The van der Waals surface area contributed by atoms with E-state index in [-0.39, 0.29) is 22.8 Å². The summed E-state index contributed by atoms with van der Waals surface area (Å²) in [5, 5.41) is 5.62. The van der Waals surface area contributed by atoms with Crippen molar-refractivity contribution in [3.63, 3.8) is 0 Å². The number of aromatic nitrogens is 3. The molecule has 0 spiro atoms. The molecule has 1 amide bonds. The molecule has 1 atom stereocenters. The molecular formula is C15H19N5O3S. The van der Waals surface area contributed by atoms with Crippen molar-refractivity contribution in [2.75, 3.05) is 16.9 Å². The molecule has 0 saturated carbocycles. The van der Waals surface area contributed by atoms with Gasteiger partial charge in [0, 0.05) is 13.2 Å². The number of anilines is 2. The summed E-state index contributed by atoms with van der Waals surface area (Å²) in [6.45, 7) is 4.97. The van der Waals surface area contributed by atoms with E-state index in [1.54, 1.807) is 31.2 Å². The predicted octanol–water partition coefficient (Wildman–Crippen LogP) is 1.72. The maximum Gasteiger partial charge on any atom is 0.234 e. The summed E-state index contributed by atoms with van der Waals surface area (Å²) in [7, 11) is -3.22. The Morgan fingerprint density at radius 3 is 2.21 bits per heavy atom. The van der Waals surface area contributed by atoms with Crippen LogP contribution in [0.15, 0.2) is 29.2 Å². The first-order chi connectivity index (χ1) is 11.1. The van der Waals surface area contributed by atoms with Crippen LogP contribution in [0.25, 0.3) is 0 Å². The van der Waals surface area contributed by atoms with Crippen molar-refractivity contribution in [3.05, 3.63) is 35.7 Å². The maximum atomic E-state index is 11.5. The fourth-order valence-corrected chi connectivity index (χ4v) is 2.67. The molecule has 2 N–H and O–H groups in total. The van der Waals surface area contributed by atoms with Crippen LogP contribution in [-0.2, 0) is 14.6 Å². The van der Waals surface area contributed by atoms with Crippen molar-refractivity contribution in [2.45, 2.75) is 31.7 Å². The lowest BCUT2D eigenvalue weighted by atomic mass is 10.1. The molecule has 0 saturated heterocycles. The number of amides is 1. The molecule has 9 heteroatoms. The standard InChI is InChI=1S/C15H19N5O3S/c1-9(12-5-7-13(8-6-12)24(4,22)23)16-14-17-10(2)18-15(20-14)19-11(3)21/h5-9H,1-4H3,(H2,16,17,18,19,20,21). The lowest BCUT2D eigenvalue weighted by Crippen LogP contribution is -2.15. The fraction of sp³-hybridized carbons (Fsp3) is 0.333. The minimum absolute atomic E-state index is 0.161. The number of carbonyl (C=O) groups excluding carboxylic acids is 1. The summed E-state index contributed by atoms with van der Waals surface area (Å²) in [5.74, 6) is 0.704. The number of nitrogens with one attached hydrogen (secondary N) is 2. The lowest BCUT2D eigenvalue weighted by Gasteiger charge is -2.15. The predicted molar refractivity (Wildman–Crippen MR) is 90.5 cm³/mol. The Hall–Kier alpha value is -2.55. The van der Waals surface area contributed by atoms with Gasteiger partial charge in [0.1, 0.15) is 5.82 Å². The number of aryl methyl sites for hydroxylation is 1. The second-order valence-corrected chi connectivity index (χ2v) is 7.43. The zero-order valence-corrected chi connectivity index (χ0v) is 14.7. The van der Waals surface area contributed by atoms with E-state index in [0.29, 0.717) is 11.8 Å². The van der Waals surface area contributed by atoms with Gasteiger partial charge in [0.25, 0.3) is 0 Å². The Labute approximate surface area is 140 Å². The molecule has 1 unspecified atom stereocenters. The summed E-state index contributed by atoms with van der Waals surface area (Å²) in [4.78, 5) is 23.7. The second-order valence-electron chi connectivity index (χ2n) is 5.42. The average Bonchev–Trinajstić information content (AvgIpc) is 2.45. The largest absolute Gasteiger partial charge is 0.348 e. The van der Waals surface area contributed by atoms with E-state index in [2.05, 4.69) is 25.6 Å². The van der Waals surface area contributed by atoms with Crippen molar-refractivity contribution < 1.29 is 13.2 Å². The number of hydrogen-bond acceptors (Lipinski definition) is 7. The molecule has 24 heavy (non-hydrogen) atoms. The third-order valence-electron chi connectivity index (χ3n) is 3.19. The van der Waals surface area contributed by atoms with Crippen LogP contribution >= 0.6 is 0 Å². The van der Waals surface area contributed by atoms with Gasteiger partial charge in [-0.1, -0.05) is 12.1 Å². The highest BCUT2D eigenvalue weighted by molar-refractivity contribution is 7.90. The summed E-state index contributed by atoms with van der Waals surface area (Å²) in [6, 6.07) is 6.42. The van der Waals surface area contributed by atoms with Crippen LogP contribution in [0, 0.1) is 6.92 Å². The maximum absolute atomic E-state index is 11.5. The zero-order chi connectivity index (χ0) is 17.9. The molecule has 1 aromatic carbocycles. The van der Waals surface area contributed by atoms with Gasteiger partial charge in [-0.25, -0.2) is 8.42 Å². The molecule has 0 fully saturated rings. The van der Waals surface area contributed by atoms with E-state index in [1.165, 1.54) is 13.2 Å². The Bertz CT molecular complexity index is 850. The first-order valence-electron chi connectivity index (χ1n) is 7.22. The molecule has 0 bridgehead atoms. The number of hydrogen-bond donors (Lipinski definition) is 2. The average molecular weight is 349 g/mol. The Morgan fingerprint density at radius 2 is 1.67 bits per heavy atom. The van der Waals surface area contributed by atoms with E-state index in [9.17, 15) is 13.2 Å². The van der Waals surface area contributed by atoms with Crippen LogP contribution in [-0.4, -0.2) is 35.5 Å². The molecule has 0 radical (unpaired) electrons. The summed E-state index contributed by atoms with van der Waals surface area (Å²) in [5.41, 5.74) is 0.876. The number of sulfone groups is 1. The van der Waals surface area contributed by atoms with Gasteiger partial charge < -0.3 is 5.32 Å². The highest BCUT2D eigenvalue weighted by Crippen LogP contribution is 2.19. The van der Waals surface area contributed by atoms with E-state index < -0.39 is 9.84 Å². The van der Waals surface area contributed by atoms with E-state index >= 15 is 0 Å². The second kappa shape index (κ2) is 6.91. The van der Waals surface area contributed by atoms with Gasteiger partial charge in [0.15, 0.2) is 9.84 Å². The molecular weight excluding hydrogens is 330 g/mol. The summed E-state index contributed by atoms with van der Waals surface area (Å²) in [6.07, 6.45) is 1.17. The third kappa shape index (κ3) is 4.72. The van der Waals surface area contributed by atoms with Gasteiger partial charge >= 0.3 is 0 Å². The van der Waals surface area contributed by atoms with Crippen molar-refractivity contribution >= 4 is 27.6 Å². The van der Waals surface area contributed by atoms with Gasteiger partial charge in [-0.3, -0.25) is 10.1 Å². The van der Waals surface area contributed by atoms with Crippen LogP contribution in [0.5, 0.6) is 0 Å². The first-order valence-corrected chi connectivity index (χ1v) is 9.11. The third-order valence-corrected chi connectivity index (χ3v) is 4.32. The van der Waals surface area contributed by atoms with E-state index in [4.69, 9.17) is 0 Å². The fourth-order valence-electron chi connectivity index (χ4n) is 2.04. The molecule has 0 aliphatic heterocycles. The highest BCUT2D eigenvalue weighted by atomic mass is 32.2.